The molecule has 0 saturated carbocycles. The molecule has 0 aliphatic rings. The van der Waals surface area contributed by atoms with Crippen LogP contribution in [0.4, 0.5) is 0 Å². The fraction of sp³-hybridized carbons (Fsp3) is 0.885. The summed E-state index contributed by atoms with van der Waals surface area (Å²) in [5.41, 5.74) is 0. The van der Waals surface area contributed by atoms with Crippen LogP contribution in [0.1, 0.15) is 296 Å². The summed E-state index contributed by atoms with van der Waals surface area (Å²) in [5.74, 6) is -1.72. The van der Waals surface area contributed by atoms with Crippen molar-refractivity contribution in [3.63, 3.8) is 0 Å². The Labute approximate surface area is 428 Å². The first-order chi connectivity index (χ1) is 33.6. The van der Waals surface area contributed by atoms with E-state index in [9.17, 15) is 19.5 Å². The van der Waals surface area contributed by atoms with E-state index in [0.717, 1.165) is 44.9 Å². The number of carboxylic acids is 1. The Hall–Kier alpha value is -2.19. The van der Waals surface area contributed by atoms with Gasteiger partial charge in [0.2, 0.25) is 0 Å². The molecule has 0 aromatic heterocycles. The molecule has 69 heavy (non-hydrogen) atoms. The molecular formula is C61H115NO7. The van der Waals surface area contributed by atoms with E-state index in [1.54, 1.807) is 0 Å². The van der Waals surface area contributed by atoms with Crippen LogP contribution in [0.5, 0.6) is 0 Å². The minimum absolute atomic E-state index is 0.0440. The van der Waals surface area contributed by atoms with Crippen LogP contribution >= 0.6 is 0 Å². The topological polar surface area (TPSA) is 102 Å². The van der Waals surface area contributed by atoms with Gasteiger partial charge >= 0.3 is 11.9 Å². The van der Waals surface area contributed by atoms with Crippen molar-refractivity contribution in [2.75, 3.05) is 41.0 Å². The molecular weight excluding hydrogens is 859 g/mol. The SMILES string of the molecule is CCCCCCC/C=C\C/C=C\CCCCCCCCCCCC(=O)OC(COCCC(C(=O)[O-])[N+](C)(C)C)COC(=O)CCCCCCCCCCCCCCCCCCCCCCCCCC. The van der Waals surface area contributed by atoms with Gasteiger partial charge in [-0.15, -0.1) is 0 Å². The van der Waals surface area contributed by atoms with Gasteiger partial charge in [-0.05, 0) is 44.9 Å². The number of aliphatic carboxylic acids is 1. The van der Waals surface area contributed by atoms with E-state index >= 15 is 0 Å². The number of likely N-dealkylation sites (N-methyl/N-ethyl adjacent to an activating group) is 1. The van der Waals surface area contributed by atoms with Crippen molar-refractivity contribution in [3.8, 4) is 0 Å². The molecule has 0 bridgehead atoms. The molecule has 0 radical (unpaired) electrons. The zero-order valence-electron chi connectivity index (χ0n) is 46.5. The number of hydrogen-bond acceptors (Lipinski definition) is 7. The van der Waals surface area contributed by atoms with Gasteiger partial charge < -0.3 is 28.6 Å². The molecule has 0 aliphatic carbocycles. The van der Waals surface area contributed by atoms with E-state index in [-0.39, 0.29) is 42.7 Å². The number of carbonyl (C=O) groups excluding carboxylic acids is 3. The summed E-state index contributed by atoms with van der Waals surface area (Å²) < 4.78 is 17.3. The first kappa shape index (κ1) is 66.8. The molecule has 0 saturated heterocycles. The third-order valence-corrected chi connectivity index (χ3v) is 13.8. The average Bonchev–Trinajstić information content (AvgIpc) is 3.31. The smallest absolute Gasteiger partial charge is 0.306 e. The molecule has 0 N–H and O–H groups in total. The molecule has 8 heteroatoms. The van der Waals surface area contributed by atoms with E-state index in [1.165, 1.54) is 218 Å². The van der Waals surface area contributed by atoms with Gasteiger partial charge in [0.15, 0.2) is 6.10 Å². The van der Waals surface area contributed by atoms with Crippen LogP contribution < -0.4 is 5.11 Å². The van der Waals surface area contributed by atoms with Gasteiger partial charge in [0.1, 0.15) is 12.6 Å². The van der Waals surface area contributed by atoms with Crippen molar-refractivity contribution in [2.45, 2.75) is 309 Å². The summed E-state index contributed by atoms with van der Waals surface area (Å²) in [5, 5.41) is 11.7. The molecule has 0 aromatic carbocycles. The van der Waals surface area contributed by atoms with Gasteiger partial charge in [0.25, 0.3) is 0 Å². The van der Waals surface area contributed by atoms with Crippen molar-refractivity contribution in [3.05, 3.63) is 24.3 Å². The highest BCUT2D eigenvalue weighted by Crippen LogP contribution is 2.18. The first-order valence-electron chi connectivity index (χ1n) is 29.9. The summed E-state index contributed by atoms with van der Waals surface area (Å²) in [6.45, 7) is 4.71. The second-order valence-electron chi connectivity index (χ2n) is 21.6. The number of carbonyl (C=O) groups is 3. The maximum atomic E-state index is 12.8. The highest BCUT2D eigenvalue weighted by molar-refractivity contribution is 5.70. The highest BCUT2D eigenvalue weighted by atomic mass is 16.6. The Morgan fingerprint density at radius 3 is 1.12 bits per heavy atom. The molecule has 0 rings (SSSR count). The van der Waals surface area contributed by atoms with Crippen molar-refractivity contribution in [2.24, 2.45) is 0 Å². The Bertz CT molecular complexity index is 1180. The Balaban J connectivity index is 4.11. The summed E-state index contributed by atoms with van der Waals surface area (Å²) in [6.07, 6.45) is 62.3. The minimum atomic E-state index is -1.12. The maximum Gasteiger partial charge on any atom is 0.306 e. The van der Waals surface area contributed by atoms with Gasteiger partial charge in [-0.1, -0.05) is 256 Å². The summed E-state index contributed by atoms with van der Waals surface area (Å²) in [6, 6.07) is -0.725. The molecule has 406 valence electrons. The number of unbranched alkanes of at least 4 members (excludes halogenated alkanes) is 37. The van der Waals surface area contributed by atoms with Gasteiger partial charge in [-0.2, -0.15) is 0 Å². The number of carboxylic acid groups (broad SMARTS) is 1. The zero-order valence-corrected chi connectivity index (χ0v) is 46.5. The Morgan fingerprint density at radius 1 is 0.435 bits per heavy atom. The van der Waals surface area contributed by atoms with Crippen LogP contribution in [0.15, 0.2) is 24.3 Å². The standard InChI is InChI=1S/C61H115NO7/c1-6-8-10-12-14-16-18-20-22-24-26-28-29-30-32-33-35-37-39-41-43-45-47-49-51-59(63)68-56-57(55-67-54-53-58(61(65)66)62(3,4)5)69-60(64)52-50-48-46-44-42-40-38-36-34-31-27-25-23-21-19-17-15-13-11-9-7-2/h19,21,25,27,57-58H,6-18,20,22-24,26,28-56H2,1-5H3/b21-19-,27-25-. The van der Waals surface area contributed by atoms with Gasteiger partial charge in [0.05, 0.1) is 40.3 Å². The van der Waals surface area contributed by atoms with Gasteiger partial charge in [0, 0.05) is 19.3 Å². The lowest BCUT2D eigenvalue weighted by atomic mass is 10.0. The van der Waals surface area contributed by atoms with E-state index < -0.39 is 18.1 Å². The Morgan fingerprint density at radius 2 is 0.768 bits per heavy atom. The molecule has 0 spiro atoms. The monoisotopic (exact) mass is 974 g/mol. The predicted molar refractivity (Wildman–Crippen MR) is 291 cm³/mol. The van der Waals surface area contributed by atoms with E-state index in [0.29, 0.717) is 12.8 Å². The van der Waals surface area contributed by atoms with Crippen LogP contribution in [-0.4, -0.2) is 75.5 Å². The fourth-order valence-electron chi connectivity index (χ4n) is 9.22. The number of quaternary nitrogens is 1. The largest absolute Gasteiger partial charge is 0.544 e. The van der Waals surface area contributed by atoms with Gasteiger partial charge in [-0.25, -0.2) is 0 Å². The fourth-order valence-corrected chi connectivity index (χ4v) is 9.22. The molecule has 8 nitrogen and oxygen atoms in total. The third kappa shape index (κ3) is 50.5. The third-order valence-electron chi connectivity index (χ3n) is 13.8. The van der Waals surface area contributed by atoms with Gasteiger partial charge in [-0.3, -0.25) is 9.59 Å². The zero-order chi connectivity index (χ0) is 50.6. The summed E-state index contributed by atoms with van der Waals surface area (Å²) in [4.78, 5) is 37.2. The second kappa shape index (κ2) is 52.1. The molecule has 0 aliphatic heterocycles. The first-order valence-corrected chi connectivity index (χ1v) is 29.9. The van der Waals surface area contributed by atoms with E-state index in [2.05, 4.69) is 38.2 Å². The number of rotatable bonds is 55. The predicted octanol–water partition coefficient (Wildman–Crippen LogP) is 16.6. The molecule has 0 amide bonds. The lowest BCUT2D eigenvalue weighted by Crippen LogP contribution is -2.55. The number of esters is 2. The lowest BCUT2D eigenvalue weighted by Gasteiger charge is -2.34. The summed E-state index contributed by atoms with van der Waals surface area (Å²) in [7, 11) is 5.43. The molecule has 0 fully saturated rings. The van der Waals surface area contributed by atoms with Crippen molar-refractivity contribution < 1.29 is 38.2 Å². The van der Waals surface area contributed by atoms with Crippen LogP contribution in [-0.2, 0) is 28.6 Å². The van der Waals surface area contributed by atoms with Crippen LogP contribution in [0.3, 0.4) is 0 Å². The number of ether oxygens (including phenoxy) is 3. The number of hydrogen-bond donors (Lipinski definition) is 0. The molecule has 0 heterocycles. The lowest BCUT2D eigenvalue weighted by molar-refractivity contribution is -0.889. The van der Waals surface area contributed by atoms with Crippen LogP contribution in [0.2, 0.25) is 0 Å². The molecule has 0 aromatic rings. The quantitative estimate of drug-likeness (QED) is 0.0259. The number of nitrogens with zero attached hydrogens (tertiary/aromatic N) is 1. The average molecular weight is 975 g/mol. The van der Waals surface area contributed by atoms with E-state index in [1.807, 2.05) is 21.1 Å². The normalized spacial score (nSPS) is 12.9. The minimum Gasteiger partial charge on any atom is -0.544 e. The van der Waals surface area contributed by atoms with Crippen molar-refractivity contribution >= 4 is 17.9 Å². The summed E-state index contributed by atoms with van der Waals surface area (Å²) >= 11 is 0. The van der Waals surface area contributed by atoms with Crippen LogP contribution in [0, 0.1) is 0 Å². The highest BCUT2D eigenvalue weighted by Gasteiger charge is 2.25. The van der Waals surface area contributed by atoms with Crippen LogP contribution in [0.25, 0.3) is 0 Å². The van der Waals surface area contributed by atoms with Crippen molar-refractivity contribution in [1.82, 2.24) is 0 Å². The number of allylic oxidation sites excluding steroid dienone is 4. The molecule has 2 unspecified atom stereocenters. The maximum absolute atomic E-state index is 12.8. The van der Waals surface area contributed by atoms with E-state index in [4.69, 9.17) is 14.2 Å². The Kier molecular flexibility index (Phi) is 50.5. The second-order valence-corrected chi connectivity index (χ2v) is 21.6. The van der Waals surface area contributed by atoms with Crippen molar-refractivity contribution in [1.29, 1.82) is 0 Å². The molecule has 2 atom stereocenters.